The number of hydrogen-bond donors (Lipinski definition) is 4. The van der Waals surface area contributed by atoms with Crippen LogP contribution in [0.3, 0.4) is 0 Å². The summed E-state index contributed by atoms with van der Waals surface area (Å²) in [4.78, 5) is 122. The third-order valence-electron chi connectivity index (χ3n) is 19.7. The van der Waals surface area contributed by atoms with Crippen molar-refractivity contribution in [3.05, 3.63) is 125 Å². The van der Waals surface area contributed by atoms with Crippen LogP contribution in [0.4, 0.5) is 10.1 Å². The maximum Gasteiger partial charge on any atom is 0.342 e. The molecule has 2 atom stereocenters. The molecule has 0 spiro atoms. The van der Waals surface area contributed by atoms with Crippen LogP contribution in [-0.2, 0) is 44.9 Å². The minimum atomic E-state index is -1.39. The Kier molecular flexibility index (Phi) is 16.2. The molecule has 0 saturated carbocycles. The molecule has 8 aromatic rings. The van der Waals surface area contributed by atoms with E-state index < -0.39 is 54.3 Å². The fourth-order valence-electron chi connectivity index (χ4n) is 14.8. The molecule has 7 aliphatic heterocycles. The first-order chi connectivity index (χ1) is 44.6. The van der Waals surface area contributed by atoms with Gasteiger partial charge in [-0.25, -0.2) is 14.2 Å². The molecule has 1 unspecified atom stereocenters. The Bertz CT molecular complexity index is 4310. The number of aromatic nitrogens is 5. The number of ether oxygens (including phenoxy) is 1. The van der Waals surface area contributed by atoms with Gasteiger partial charge in [-0.1, -0.05) is 64.9 Å². The maximum absolute atomic E-state index is 16.5. The van der Waals surface area contributed by atoms with E-state index in [1.807, 2.05) is 77.7 Å². The molecular formula is C67H67ClFN12O10S+. The van der Waals surface area contributed by atoms with Crippen molar-refractivity contribution in [1.82, 2.24) is 54.6 Å². The van der Waals surface area contributed by atoms with Gasteiger partial charge in [0.15, 0.2) is 5.60 Å². The molecule has 5 aromatic carbocycles. The lowest BCUT2D eigenvalue weighted by atomic mass is 9.85. The number of nitrogens with one attached hydrogen (secondary N) is 3. The van der Waals surface area contributed by atoms with Crippen molar-refractivity contribution < 1.29 is 52.6 Å². The molecule has 15 rings (SSSR count). The van der Waals surface area contributed by atoms with E-state index in [1.54, 1.807) is 43.7 Å². The predicted molar refractivity (Wildman–Crippen MR) is 341 cm³/mol. The minimum Gasteiger partial charge on any atom is -0.477 e. The molecule has 22 nitrogen and oxygen atoms in total. The molecule has 474 valence electrons. The second-order valence-electron chi connectivity index (χ2n) is 25.0. The number of hydrogen-bond acceptors (Lipinski definition) is 14. The Balaban J connectivity index is 0.658. The second-order valence-corrected chi connectivity index (χ2v) is 26.4. The first-order valence-corrected chi connectivity index (χ1v) is 32.6. The van der Waals surface area contributed by atoms with Gasteiger partial charge in [0.25, 0.3) is 5.91 Å². The quantitative estimate of drug-likeness (QED) is 0.0645. The van der Waals surface area contributed by atoms with Gasteiger partial charge in [-0.05, 0) is 85.3 Å². The van der Waals surface area contributed by atoms with Gasteiger partial charge in [0, 0.05) is 105 Å². The van der Waals surface area contributed by atoms with E-state index in [0.717, 1.165) is 15.8 Å². The van der Waals surface area contributed by atoms with E-state index in [4.69, 9.17) is 31.5 Å². The van der Waals surface area contributed by atoms with Crippen molar-refractivity contribution >= 4 is 108 Å². The van der Waals surface area contributed by atoms with E-state index in [9.17, 15) is 33.9 Å². The lowest BCUT2D eigenvalue weighted by molar-refractivity contribution is -0.158. The van der Waals surface area contributed by atoms with Gasteiger partial charge in [-0.2, -0.15) is 5.10 Å². The van der Waals surface area contributed by atoms with Gasteiger partial charge >= 0.3 is 5.91 Å². The zero-order chi connectivity index (χ0) is 63.6. The normalized spacial score (nSPS) is 20.9. The zero-order valence-electron chi connectivity index (χ0n) is 50.2. The average Bonchev–Trinajstić information content (AvgIpc) is 1.53. The van der Waals surface area contributed by atoms with Crippen LogP contribution in [0, 0.1) is 17.7 Å². The molecule has 3 aromatic heterocycles. The number of likely N-dealkylation sites (tertiary alicyclic amines) is 3. The average molecular weight is 1290 g/mol. The first kappa shape index (κ1) is 60.6. The second kappa shape index (κ2) is 24.6. The summed E-state index contributed by atoms with van der Waals surface area (Å²) >= 11 is 8.05. The van der Waals surface area contributed by atoms with E-state index in [-0.39, 0.29) is 90.4 Å². The van der Waals surface area contributed by atoms with Crippen LogP contribution in [0.15, 0.2) is 103 Å². The summed E-state index contributed by atoms with van der Waals surface area (Å²) in [5, 5.41) is 29.4. The van der Waals surface area contributed by atoms with Gasteiger partial charge in [0.05, 0.1) is 63.2 Å². The Hall–Kier alpha value is -8.97. The van der Waals surface area contributed by atoms with Gasteiger partial charge in [-0.15, -0.1) is 21.0 Å². The van der Waals surface area contributed by atoms with Crippen LogP contribution in [-0.4, -0.2) is 169 Å². The molecule has 10 heterocycles. The number of anilines is 1. The number of aldehydes is 1. The number of halogens is 2. The van der Waals surface area contributed by atoms with Crippen LogP contribution in [0.25, 0.3) is 53.7 Å². The lowest BCUT2D eigenvalue weighted by Crippen LogP contribution is -2.68. The number of thiazole rings is 1. The largest absolute Gasteiger partial charge is 0.477 e. The van der Waals surface area contributed by atoms with Gasteiger partial charge < -0.3 is 45.3 Å². The molecule has 92 heavy (non-hydrogen) atoms. The number of aliphatic hydroxyl groups excluding tert-OH is 1. The number of para-hydroxylation sites is 2. The standard InChI is InChI=1S/C67H66ClFN12O10S/c68-49-10-6-12-52-61(49)92-62(74-52)46-8-2-4-14-55(46)91-67(21-27-77(28-22-67)64(88)48-33-56(84)73-51-11-3-1-7-44(48)51)66(90)78-25-15-40(16-26-78)63(87)76-23-17-41(18-24-76)65(89)81-29-19-39(20-30-81)60-59-45(47-32-54-42(31-50(47)69)34-71-80(54)81)9-5-13-53(59)79(75-60)36-58(86)70-35-57(85)72-43(37-82)38-83/h1-14,31-32,34,37,39-41,43,48,83H,15-30,33,35-36,38H2,(H2-,70,72,73,84,85,86)/p+1/t39?,43?,48-,81?/m0/s1. The van der Waals surface area contributed by atoms with Gasteiger partial charge in [0.1, 0.15) is 54.1 Å². The number of carbonyl (C=O) groups excluding carboxylic acids is 8. The summed E-state index contributed by atoms with van der Waals surface area (Å²) in [5.74, 6) is -3.56. The monoisotopic (exact) mass is 1290 g/mol. The van der Waals surface area contributed by atoms with E-state index >= 15 is 14.0 Å². The van der Waals surface area contributed by atoms with E-state index in [2.05, 4.69) is 16.0 Å². The highest BCUT2D eigenvalue weighted by atomic mass is 35.5. The molecule has 7 aliphatic rings. The van der Waals surface area contributed by atoms with Crippen LogP contribution < -0.4 is 25.3 Å². The van der Waals surface area contributed by atoms with Crippen molar-refractivity contribution in [2.45, 2.75) is 87.8 Å². The van der Waals surface area contributed by atoms with Crippen molar-refractivity contribution in [2.24, 2.45) is 11.8 Å². The van der Waals surface area contributed by atoms with Crippen molar-refractivity contribution in [3.8, 4) is 27.4 Å². The number of quaternary nitrogens is 1. The number of benzene rings is 5. The fourth-order valence-corrected chi connectivity index (χ4v) is 16.1. The summed E-state index contributed by atoms with van der Waals surface area (Å²) in [6.45, 7) is 1.15. The van der Waals surface area contributed by atoms with Crippen LogP contribution in [0.5, 0.6) is 5.75 Å². The Morgan fingerprint density at radius 1 is 0.804 bits per heavy atom. The third kappa shape index (κ3) is 10.9. The zero-order valence-corrected chi connectivity index (χ0v) is 51.8. The molecule has 25 heteroatoms. The van der Waals surface area contributed by atoms with Crippen molar-refractivity contribution in [1.29, 1.82) is 0 Å². The lowest BCUT2D eigenvalue weighted by Gasteiger charge is -2.45. The van der Waals surface area contributed by atoms with E-state index in [0.29, 0.717) is 144 Å². The summed E-state index contributed by atoms with van der Waals surface area (Å²) in [6, 6.07) is 27.9. The summed E-state index contributed by atoms with van der Waals surface area (Å²) in [5.41, 5.74) is 4.10. The van der Waals surface area contributed by atoms with Crippen LogP contribution >= 0.6 is 22.9 Å². The number of rotatable bonds is 14. The Morgan fingerprint density at radius 2 is 1.51 bits per heavy atom. The smallest absolute Gasteiger partial charge is 0.342 e. The number of aliphatic hydroxyl groups is 1. The Labute approximate surface area is 536 Å². The molecule has 4 bridgehead atoms. The highest BCUT2D eigenvalue weighted by Gasteiger charge is 2.52. The highest BCUT2D eigenvalue weighted by molar-refractivity contribution is 7.22. The summed E-state index contributed by atoms with van der Waals surface area (Å²) in [6.07, 6.45) is 5.08. The molecule has 0 aliphatic carbocycles. The molecule has 0 radical (unpaired) electrons. The SMILES string of the molecule is O=CC(CO)NC(=O)CNC(=O)Cn1nc2c3c(cccc31)-c1cc3c(cnn3[N+]3(C(=O)C4CCN(C(=O)C5CCN(C(=O)C6(Oc7ccccc7-c7nc8cccc(Cl)c8s7)CCN(C(=O)[C@H]7CC(=O)Nc8ccccc87)CC6)CC5)CC4)CCC2CC3)cc1F. The molecule has 4 saturated heterocycles. The first-order valence-electron chi connectivity index (χ1n) is 31.4. The minimum absolute atomic E-state index is 0.0154. The number of carbonyl (C=O) groups is 8. The van der Waals surface area contributed by atoms with E-state index in [1.165, 1.54) is 17.4 Å². The van der Waals surface area contributed by atoms with Gasteiger partial charge in [-0.3, -0.25) is 33.4 Å². The topological polar surface area (TPSA) is 260 Å². The van der Waals surface area contributed by atoms with Crippen molar-refractivity contribution in [2.75, 3.05) is 70.8 Å². The number of fused-ring (bicyclic) bond motifs is 4. The Morgan fingerprint density at radius 3 is 2.27 bits per heavy atom. The summed E-state index contributed by atoms with van der Waals surface area (Å²) < 4.78 is 25.8. The molecule has 7 amide bonds. The van der Waals surface area contributed by atoms with Crippen LogP contribution in [0.1, 0.15) is 80.9 Å². The maximum atomic E-state index is 16.5. The van der Waals surface area contributed by atoms with Crippen LogP contribution in [0.2, 0.25) is 5.02 Å². The number of nitrogens with zero attached hydrogens (tertiary/aromatic N) is 9. The summed E-state index contributed by atoms with van der Waals surface area (Å²) in [7, 11) is 0. The van der Waals surface area contributed by atoms with Gasteiger partial charge in [0.2, 0.25) is 29.5 Å². The number of piperidine rings is 4. The third-order valence-corrected chi connectivity index (χ3v) is 21.2. The fraction of sp³-hybridized carbons (Fsp3) is 0.388. The number of amides is 7. The molecule has 4 fully saturated rings. The van der Waals surface area contributed by atoms with Crippen molar-refractivity contribution in [3.63, 3.8) is 0 Å². The predicted octanol–water partition coefficient (Wildman–Crippen LogP) is 6.81. The molecular weight excluding hydrogens is 1220 g/mol. The highest BCUT2D eigenvalue weighted by Crippen LogP contribution is 2.46. The molecule has 4 N–H and O–H groups in total.